The van der Waals surface area contributed by atoms with Crippen LogP contribution < -0.4 is 14.8 Å². The minimum Gasteiger partial charge on any atom is -0.493 e. The van der Waals surface area contributed by atoms with Gasteiger partial charge in [0.2, 0.25) is 0 Å². The highest BCUT2D eigenvalue weighted by atomic mass is 32.2. The fraction of sp³-hybridized carbons (Fsp3) is 0.267. The van der Waals surface area contributed by atoms with Gasteiger partial charge in [-0.2, -0.15) is 0 Å². The normalized spacial score (nSPS) is 15.6. The van der Waals surface area contributed by atoms with Gasteiger partial charge in [0.25, 0.3) is 11.1 Å². The van der Waals surface area contributed by atoms with E-state index in [9.17, 15) is 14.4 Å². The average Bonchev–Trinajstić information content (AvgIpc) is 2.82. The zero-order valence-electron chi connectivity index (χ0n) is 12.3. The largest absolute Gasteiger partial charge is 0.493 e. The molecule has 1 aromatic rings. The molecule has 0 unspecified atom stereocenters. The lowest BCUT2D eigenvalue weighted by Crippen LogP contribution is -2.17. The van der Waals surface area contributed by atoms with Gasteiger partial charge in [-0.05, 0) is 42.0 Å². The first-order valence-electron chi connectivity index (χ1n) is 6.77. The molecular formula is C15H15NO6S. The van der Waals surface area contributed by atoms with Gasteiger partial charge in [0.1, 0.15) is 0 Å². The number of carboxylic acids is 1. The number of aliphatic carboxylic acids is 1. The summed E-state index contributed by atoms with van der Waals surface area (Å²) in [6, 6.07) is 5.07. The molecule has 1 aliphatic rings. The molecule has 23 heavy (non-hydrogen) atoms. The topological polar surface area (TPSA) is 102 Å². The Kier molecular flexibility index (Phi) is 5.64. The Morgan fingerprint density at radius 3 is 2.74 bits per heavy atom. The number of carbonyl (C=O) groups is 3. The van der Waals surface area contributed by atoms with Crippen molar-refractivity contribution in [2.75, 3.05) is 13.7 Å². The van der Waals surface area contributed by atoms with Crippen LogP contribution in [0.25, 0.3) is 6.08 Å². The zero-order valence-corrected chi connectivity index (χ0v) is 13.1. The van der Waals surface area contributed by atoms with Gasteiger partial charge in [-0.1, -0.05) is 6.07 Å². The second-order valence-corrected chi connectivity index (χ2v) is 5.62. The number of benzene rings is 1. The Labute approximate surface area is 136 Å². The molecule has 2 N–H and O–H groups in total. The van der Waals surface area contributed by atoms with E-state index in [1.165, 1.54) is 7.11 Å². The summed E-state index contributed by atoms with van der Waals surface area (Å²) in [6.07, 6.45) is 2.01. The summed E-state index contributed by atoms with van der Waals surface area (Å²) < 4.78 is 10.7. The van der Waals surface area contributed by atoms with Gasteiger partial charge in [-0.15, -0.1) is 0 Å². The van der Waals surface area contributed by atoms with Gasteiger partial charge in [-0.3, -0.25) is 19.7 Å². The Morgan fingerprint density at radius 1 is 1.35 bits per heavy atom. The number of carboxylic acid groups (broad SMARTS) is 1. The predicted octanol–water partition coefficient (Wildman–Crippen LogP) is 2.26. The van der Waals surface area contributed by atoms with Crippen molar-refractivity contribution in [3.63, 3.8) is 0 Å². The van der Waals surface area contributed by atoms with Crippen LogP contribution >= 0.6 is 11.8 Å². The van der Waals surface area contributed by atoms with Crippen molar-refractivity contribution in [2.24, 2.45) is 0 Å². The Hall–Kier alpha value is -2.48. The van der Waals surface area contributed by atoms with Gasteiger partial charge >= 0.3 is 5.97 Å². The number of carbonyl (C=O) groups excluding carboxylic acids is 2. The van der Waals surface area contributed by atoms with E-state index >= 15 is 0 Å². The quantitative estimate of drug-likeness (QED) is 0.581. The first-order chi connectivity index (χ1) is 11.0. The fourth-order valence-corrected chi connectivity index (χ4v) is 2.55. The summed E-state index contributed by atoms with van der Waals surface area (Å²) in [7, 11) is 1.48. The van der Waals surface area contributed by atoms with Crippen molar-refractivity contribution in [3.8, 4) is 11.5 Å². The third kappa shape index (κ3) is 4.75. The lowest BCUT2D eigenvalue weighted by molar-refractivity contribution is -0.137. The maximum atomic E-state index is 11.5. The lowest BCUT2D eigenvalue weighted by atomic mass is 10.2. The smallest absolute Gasteiger partial charge is 0.303 e. The summed E-state index contributed by atoms with van der Waals surface area (Å²) in [6.45, 7) is 0.260. The van der Waals surface area contributed by atoms with Crippen molar-refractivity contribution < 1.29 is 29.0 Å². The molecular weight excluding hydrogens is 322 g/mol. The van der Waals surface area contributed by atoms with E-state index in [1.807, 2.05) is 0 Å². The second kappa shape index (κ2) is 7.68. The predicted molar refractivity (Wildman–Crippen MR) is 84.5 cm³/mol. The van der Waals surface area contributed by atoms with Gasteiger partial charge in [0.15, 0.2) is 11.5 Å². The highest BCUT2D eigenvalue weighted by Gasteiger charge is 2.25. The Bertz CT molecular complexity index is 670. The van der Waals surface area contributed by atoms with Gasteiger partial charge in [0.05, 0.1) is 18.6 Å². The van der Waals surface area contributed by atoms with Gasteiger partial charge in [-0.25, -0.2) is 0 Å². The van der Waals surface area contributed by atoms with Crippen LogP contribution in [0.2, 0.25) is 0 Å². The van der Waals surface area contributed by atoms with Crippen molar-refractivity contribution >= 4 is 35.0 Å². The summed E-state index contributed by atoms with van der Waals surface area (Å²) in [5, 5.41) is 10.4. The van der Waals surface area contributed by atoms with Crippen molar-refractivity contribution in [2.45, 2.75) is 12.8 Å². The third-order valence-corrected chi connectivity index (χ3v) is 3.73. The number of methoxy groups -OCH3 is 1. The van der Waals surface area contributed by atoms with Crippen LogP contribution in [0.4, 0.5) is 4.79 Å². The molecule has 1 aliphatic heterocycles. The van der Waals surface area contributed by atoms with Crippen LogP contribution in [0.15, 0.2) is 23.1 Å². The molecule has 122 valence electrons. The monoisotopic (exact) mass is 337 g/mol. The number of hydrogen-bond acceptors (Lipinski definition) is 6. The molecule has 2 rings (SSSR count). The van der Waals surface area contributed by atoms with Crippen LogP contribution in [-0.4, -0.2) is 35.9 Å². The number of amides is 2. The maximum absolute atomic E-state index is 11.5. The van der Waals surface area contributed by atoms with E-state index in [1.54, 1.807) is 24.3 Å². The molecule has 1 aromatic carbocycles. The first kappa shape index (κ1) is 16.9. The van der Waals surface area contributed by atoms with Crippen LogP contribution in [0.1, 0.15) is 18.4 Å². The van der Waals surface area contributed by atoms with Crippen molar-refractivity contribution in [3.05, 3.63) is 28.7 Å². The molecule has 2 amide bonds. The minimum atomic E-state index is -0.871. The zero-order chi connectivity index (χ0) is 16.8. The van der Waals surface area contributed by atoms with Crippen molar-refractivity contribution in [1.29, 1.82) is 0 Å². The molecule has 1 heterocycles. The summed E-state index contributed by atoms with van der Waals surface area (Å²) in [5.41, 5.74) is 0.687. The van der Waals surface area contributed by atoms with Crippen molar-refractivity contribution in [1.82, 2.24) is 5.32 Å². The third-order valence-electron chi connectivity index (χ3n) is 2.92. The van der Waals surface area contributed by atoms with Gasteiger partial charge in [0, 0.05) is 6.42 Å². The van der Waals surface area contributed by atoms with E-state index in [-0.39, 0.29) is 13.0 Å². The van der Waals surface area contributed by atoms with E-state index in [4.69, 9.17) is 14.6 Å². The highest BCUT2D eigenvalue weighted by Crippen LogP contribution is 2.31. The fourth-order valence-electron chi connectivity index (χ4n) is 1.87. The van der Waals surface area contributed by atoms with E-state index in [0.29, 0.717) is 28.4 Å². The van der Waals surface area contributed by atoms with Gasteiger partial charge < -0.3 is 14.6 Å². The summed E-state index contributed by atoms with van der Waals surface area (Å²) >= 11 is 0.840. The number of nitrogens with one attached hydrogen (secondary N) is 1. The van der Waals surface area contributed by atoms with Crippen LogP contribution in [0.5, 0.6) is 11.5 Å². The number of imide groups is 1. The molecule has 0 aromatic heterocycles. The molecule has 0 radical (unpaired) electrons. The first-order valence-corrected chi connectivity index (χ1v) is 7.58. The minimum absolute atomic E-state index is 0.0346. The van der Waals surface area contributed by atoms with E-state index in [2.05, 4.69) is 5.32 Å². The number of ether oxygens (including phenoxy) is 2. The number of thioether (sulfide) groups is 1. The molecule has 0 bridgehead atoms. The average molecular weight is 337 g/mol. The summed E-state index contributed by atoms with van der Waals surface area (Å²) in [5.74, 6) is -0.346. The number of rotatable bonds is 7. The second-order valence-electron chi connectivity index (χ2n) is 4.61. The molecule has 0 saturated carbocycles. The van der Waals surface area contributed by atoms with E-state index < -0.39 is 17.1 Å². The highest BCUT2D eigenvalue weighted by molar-refractivity contribution is 8.18. The molecule has 0 spiro atoms. The molecule has 1 fully saturated rings. The van der Waals surface area contributed by atoms with E-state index in [0.717, 1.165) is 11.8 Å². The van der Waals surface area contributed by atoms with Crippen LogP contribution in [-0.2, 0) is 9.59 Å². The lowest BCUT2D eigenvalue weighted by Gasteiger charge is -2.11. The molecule has 0 atom stereocenters. The van der Waals surface area contributed by atoms with Crippen LogP contribution in [0, 0.1) is 0 Å². The molecule has 8 heteroatoms. The molecule has 0 aliphatic carbocycles. The molecule has 1 saturated heterocycles. The Balaban J connectivity index is 2.07. The summed E-state index contributed by atoms with van der Waals surface area (Å²) in [4.78, 5) is 33.4. The molecule has 7 nitrogen and oxygen atoms in total. The number of hydrogen-bond donors (Lipinski definition) is 2. The van der Waals surface area contributed by atoms with Crippen LogP contribution in [0.3, 0.4) is 0 Å². The maximum Gasteiger partial charge on any atom is 0.303 e. The SMILES string of the molecule is COc1cc(C=C2SC(=O)NC2=O)ccc1OCCCC(=O)O. The Morgan fingerprint density at radius 2 is 2.13 bits per heavy atom. The standard InChI is InChI=1S/C15H15NO6S/c1-21-11-7-9(8-12-14(19)16-15(20)23-12)4-5-10(11)22-6-2-3-13(17)18/h4-5,7-8H,2-3,6H2,1H3,(H,17,18)(H,16,19,20).